The van der Waals surface area contributed by atoms with Crippen molar-refractivity contribution in [3.05, 3.63) is 107 Å². The second-order valence-electron chi connectivity index (χ2n) is 9.46. The van der Waals surface area contributed by atoms with Crippen LogP contribution in [0.2, 0.25) is 0 Å². The van der Waals surface area contributed by atoms with Gasteiger partial charge in [-0.1, -0.05) is 72.8 Å². The minimum Gasteiger partial charge on any atom is -0.395 e. The third kappa shape index (κ3) is 5.07. The summed E-state index contributed by atoms with van der Waals surface area (Å²) in [7, 11) is 0. The fraction of sp³-hybridized carbons (Fsp3) is 0.300. The van der Waals surface area contributed by atoms with Gasteiger partial charge in [-0.3, -0.25) is 9.69 Å². The molecule has 0 bridgehead atoms. The molecule has 1 amide bonds. The van der Waals surface area contributed by atoms with E-state index in [2.05, 4.69) is 53.5 Å². The Balaban J connectivity index is 1.34. The lowest BCUT2D eigenvalue weighted by Gasteiger charge is -2.57. The van der Waals surface area contributed by atoms with Crippen LogP contribution in [0.25, 0.3) is 12.2 Å². The highest BCUT2D eigenvalue weighted by molar-refractivity contribution is 5.94. The molecule has 2 saturated heterocycles. The standard InChI is InChI=1S/C30H31FN2O2/c31-26-10-6-9-25(19-26)30(35)32-17-4-5-18-33-27(20-32)29(28(33)21-34)24-15-13-23(14-16-24)12-11-22-7-2-1-3-8-22/h1-3,6-16,19,27-29,34H,4-5,17-18,20-21H2/b12-11+/t27-,28+,29+/m1/s1. The molecule has 1 N–H and O–H groups in total. The van der Waals surface area contributed by atoms with Crippen molar-refractivity contribution in [3.63, 3.8) is 0 Å². The average Bonchev–Trinajstić information content (AvgIpc) is 2.87. The molecule has 2 aliphatic rings. The molecule has 3 atom stereocenters. The zero-order chi connectivity index (χ0) is 24.2. The van der Waals surface area contributed by atoms with E-state index in [1.807, 2.05) is 23.1 Å². The van der Waals surface area contributed by atoms with Crippen LogP contribution in [0.15, 0.2) is 78.9 Å². The van der Waals surface area contributed by atoms with E-state index in [0.29, 0.717) is 18.7 Å². The third-order valence-corrected chi connectivity index (χ3v) is 7.32. The molecule has 0 radical (unpaired) electrons. The van der Waals surface area contributed by atoms with Gasteiger partial charge in [0.2, 0.25) is 0 Å². The van der Waals surface area contributed by atoms with Gasteiger partial charge in [-0.25, -0.2) is 4.39 Å². The smallest absolute Gasteiger partial charge is 0.254 e. The van der Waals surface area contributed by atoms with Gasteiger partial charge >= 0.3 is 0 Å². The van der Waals surface area contributed by atoms with Crippen LogP contribution in [0, 0.1) is 5.82 Å². The summed E-state index contributed by atoms with van der Waals surface area (Å²) in [5, 5.41) is 10.2. The monoisotopic (exact) mass is 470 g/mol. The van der Waals surface area contributed by atoms with Crippen LogP contribution in [-0.4, -0.2) is 59.1 Å². The Hall–Kier alpha value is -3.28. The molecule has 0 spiro atoms. The molecule has 5 rings (SSSR count). The summed E-state index contributed by atoms with van der Waals surface area (Å²) in [6, 6.07) is 24.9. The maximum absolute atomic E-state index is 13.7. The van der Waals surface area contributed by atoms with Gasteiger partial charge in [0.25, 0.3) is 5.91 Å². The van der Waals surface area contributed by atoms with Crippen LogP contribution in [0.1, 0.15) is 45.8 Å². The second-order valence-corrected chi connectivity index (χ2v) is 9.46. The van der Waals surface area contributed by atoms with E-state index >= 15 is 0 Å². The molecule has 2 fully saturated rings. The molecular weight excluding hydrogens is 439 g/mol. The van der Waals surface area contributed by atoms with Crippen LogP contribution in [0.3, 0.4) is 0 Å². The zero-order valence-electron chi connectivity index (χ0n) is 19.8. The number of hydrogen-bond donors (Lipinski definition) is 1. The van der Waals surface area contributed by atoms with Gasteiger partial charge < -0.3 is 10.0 Å². The molecule has 0 aliphatic carbocycles. The number of carbonyl (C=O) groups excluding carboxylic acids is 1. The van der Waals surface area contributed by atoms with Crippen molar-refractivity contribution in [1.82, 2.24) is 9.80 Å². The molecule has 0 saturated carbocycles. The van der Waals surface area contributed by atoms with Gasteiger partial charge in [0, 0.05) is 36.7 Å². The number of benzene rings is 3. The van der Waals surface area contributed by atoms with Crippen molar-refractivity contribution in [3.8, 4) is 0 Å². The van der Waals surface area contributed by atoms with E-state index in [0.717, 1.165) is 30.5 Å². The van der Waals surface area contributed by atoms with Gasteiger partial charge in [-0.2, -0.15) is 0 Å². The largest absolute Gasteiger partial charge is 0.395 e. The van der Waals surface area contributed by atoms with E-state index in [9.17, 15) is 14.3 Å². The van der Waals surface area contributed by atoms with Crippen molar-refractivity contribution in [1.29, 1.82) is 0 Å². The predicted molar refractivity (Wildman–Crippen MR) is 137 cm³/mol. The van der Waals surface area contributed by atoms with E-state index in [4.69, 9.17) is 0 Å². The van der Waals surface area contributed by atoms with Crippen molar-refractivity contribution in [2.45, 2.75) is 30.8 Å². The number of aliphatic hydroxyl groups is 1. The molecule has 0 unspecified atom stereocenters. The summed E-state index contributed by atoms with van der Waals surface area (Å²) in [6.45, 7) is 2.26. The highest BCUT2D eigenvalue weighted by atomic mass is 19.1. The maximum Gasteiger partial charge on any atom is 0.254 e. The third-order valence-electron chi connectivity index (χ3n) is 7.32. The van der Waals surface area contributed by atoms with Gasteiger partial charge in [0.05, 0.1) is 6.61 Å². The van der Waals surface area contributed by atoms with E-state index in [-0.39, 0.29) is 30.5 Å². The second kappa shape index (κ2) is 10.5. The van der Waals surface area contributed by atoms with E-state index in [1.165, 1.54) is 17.7 Å². The number of rotatable bonds is 5. The SMILES string of the molecule is O=C(c1cccc(F)c1)N1CCCCN2[C@H](C1)[C@H](c1ccc(/C=C/c3ccccc3)cc1)[C@@H]2CO. The molecule has 2 aliphatic heterocycles. The molecule has 3 aromatic carbocycles. The topological polar surface area (TPSA) is 43.8 Å². The van der Waals surface area contributed by atoms with Crippen molar-refractivity contribution >= 4 is 18.1 Å². The van der Waals surface area contributed by atoms with Gasteiger partial charge in [-0.15, -0.1) is 0 Å². The molecule has 4 nitrogen and oxygen atoms in total. The Morgan fingerprint density at radius 1 is 0.914 bits per heavy atom. The summed E-state index contributed by atoms with van der Waals surface area (Å²) >= 11 is 0. The maximum atomic E-state index is 13.7. The van der Waals surface area contributed by atoms with Crippen molar-refractivity contribution < 1.29 is 14.3 Å². The minimum atomic E-state index is -0.396. The van der Waals surface area contributed by atoms with E-state index < -0.39 is 5.82 Å². The molecule has 5 heteroatoms. The first-order valence-electron chi connectivity index (χ1n) is 12.4. The van der Waals surface area contributed by atoms with Gasteiger partial charge in [0.1, 0.15) is 5.82 Å². The Bertz CT molecular complexity index is 1180. The Labute approximate surface area is 206 Å². The highest BCUT2D eigenvalue weighted by Gasteiger charge is 2.49. The summed E-state index contributed by atoms with van der Waals surface area (Å²) in [4.78, 5) is 17.4. The lowest BCUT2D eigenvalue weighted by molar-refractivity contribution is -0.0606. The summed E-state index contributed by atoms with van der Waals surface area (Å²) < 4.78 is 13.7. The Morgan fingerprint density at radius 2 is 1.63 bits per heavy atom. The lowest BCUT2D eigenvalue weighted by Crippen LogP contribution is -2.67. The number of amides is 1. The fourth-order valence-corrected chi connectivity index (χ4v) is 5.51. The Kier molecular flexibility index (Phi) is 7.07. The summed E-state index contributed by atoms with van der Waals surface area (Å²) in [5.41, 5.74) is 3.85. The Morgan fingerprint density at radius 3 is 2.34 bits per heavy atom. The van der Waals surface area contributed by atoms with Gasteiger partial charge in [0.15, 0.2) is 0 Å². The van der Waals surface area contributed by atoms with Crippen molar-refractivity contribution in [2.75, 3.05) is 26.2 Å². The molecular formula is C30H31FN2O2. The normalized spacial score (nSPS) is 22.8. The van der Waals surface area contributed by atoms with Crippen molar-refractivity contribution in [2.24, 2.45) is 0 Å². The summed E-state index contributed by atoms with van der Waals surface area (Å²) in [5.74, 6) is -0.375. The first kappa shape index (κ1) is 23.5. The number of nitrogens with zero attached hydrogens (tertiary/aromatic N) is 2. The quantitative estimate of drug-likeness (QED) is 0.530. The first-order chi connectivity index (χ1) is 17.1. The lowest BCUT2D eigenvalue weighted by atomic mass is 9.74. The molecule has 180 valence electrons. The van der Waals surface area contributed by atoms with Crippen LogP contribution in [0.4, 0.5) is 4.39 Å². The number of aliphatic hydroxyl groups excluding tert-OH is 1. The van der Waals surface area contributed by atoms with E-state index in [1.54, 1.807) is 12.1 Å². The molecule has 0 aromatic heterocycles. The fourth-order valence-electron chi connectivity index (χ4n) is 5.51. The average molecular weight is 471 g/mol. The minimum absolute atomic E-state index is 0.0509. The first-order valence-corrected chi connectivity index (χ1v) is 12.4. The molecule has 2 heterocycles. The molecule has 35 heavy (non-hydrogen) atoms. The highest BCUT2D eigenvalue weighted by Crippen LogP contribution is 2.42. The van der Waals surface area contributed by atoms with Gasteiger partial charge in [-0.05, 0) is 54.3 Å². The van der Waals surface area contributed by atoms with Crippen LogP contribution < -0.4 is 0 Å². The predicted octanol–water partition coefficient (Wildman–Crippen LogP) is 5.06. The zero-order valence-corrected chi connectivity index (χ0v) is 19.8. The number of hydrogen-bond acceptors (Lipinski definition) is 3. The number of carbonyl (C=O) groups is 1. The number of halogens is 1. The van der Waals surface area contributed by atoms with Crippen LogP contribution >= 0.6 is 0 Å². The molecule has 3 aromatic rings. The number of fused-ring (bicyclic) bond motifs is 1. The summed E-state index contributed by atoms with van der Waals surface area (Å²) in [6.07, 6.45) is 6.07. The van der Waals surface area contributed by atoms with Crippen LogP contribution in [0.5, 0.6) is 0 Å². The van der Waals surface area contributed by atoms with Crippen LogP contribution in [-0.2, 0) is 0 Å².